The minimum absolute atomic E-state index is 0.0158. The molecule has 0 saturated carbocycles. The van der Waals surface area contributed by atoms with Crippen LogP contribution < -0.4 is 10.6 Å². The van der Waals surface area contributed by atoms with Crippen molar-refractivity contribution in [2.24, 2.45) is 5.92 Å². The number of likely N-dealkylation sites (tertiary alicyclic amines) is 1. The van der Waals surface area contributed by atoms with Gasteiger partial charge in [0.2, 0.25) is 0 Å². The van der Waals surface area contributed by atoms with E-state index in [1.165, 1.54) is 11.0 Å². The van der Waals surface area contributed by atoms with Crippen LogP contribution in [0.5, 0.6) is 0 Å². The number of halogens is 4. The number of benzene rings is 1. The Hall–Kier alpha value is -2.73. The van der Waals surface area contributed by atoms with Gasteiger partial charge in [-0.15, -0.1) is 0 Å². The summed E-state index contributed by atoms with van der Waals surface area (Å²) in [7, 11) is 0. The maximum Gasteiger partial charge on any atom is 0.416 e. The molecule has 1 aliphatic rings. The molecule has 1 fully saturated rings. The van der Waals surface area contributed by atoms with E-state index in [1.807, 2.05) is 0 Å². The van der Waals surface area contributed by atoms with Gasteiger partial charge in [-0.1, -0.05) is 11.6 Å². The molecule has 1 aromatic carbocycles. The van der Waals surface area contributed by atoms with Crippen molar-refractivity contribution in [1.82, 2.24) is 10.2 Å². The van der Waals surface area contributed by atoms with Crippen LogP contribution in [0.3, 0.4) is 0 Å². The Labute approximate surface area is 225 Å². The molecule has 1 aliphatic heterocycles. The first-order valence-corrected chi connectivity index (χ1v) is 12.7. The van der Waals surface area contributed by atoms with E-state index in [2.05, 4.69) is 10.6 Å². The van der Waals surface area contributed by atoms with Crippen molar-refractivity contribution in [3.63, 3.8) is 0 Å². The molecular weight excluding hydrogens is 531 g/mol. The van der Waals surface area contributed by atoms with Crippen LogP contribution in [-0.2, 0) is 25.2 Å². The number of amides is 1. The summed E-state index contributed by atoms with van der Waals surface area (Å²) in [5.74, 6) is -2.35. The summed E-state index contributed by atoms with van der Waals surface area (Å²) in [6.07, 6.45) is -4.36. The van der Waals surface area contributed by atoms with Gasteiger partial charge in [0.05, 0.1) is 18.1 Å². The number of nitrogens with zero attached hydrogens (tertiary/aromatic N) is 1. The zero-order valence-electron chi connectivity index (χ0n) is 21.9. The number of piperidine rings is 1. The van der Waals surface area contributed by atoms with Crippen molar-refractivity contribution >= 4 is 35.3 Å². The van der Waals surface area contributed by atoms with Gasteiger partial charge in [0, 0.05) is 29.8 Å². The highest BCUT2D eigenvalue weighted by molar-refractivity contribution is 6.31. The first-order chi connectivity index (χ1) is 17.6. The summed E-state index contributed by atoms with van der Waals surface area (Å²) in [6, 6.07) is 1.42. The first kappa shape index (κ1) is 31.5. The van der Waals surface area contributed by atoms with Crippen LogP contribution in [0.4, 0.5) is 23.7 Å². The van der Waals surface area contributed by atoms with E-state index in [0.29, 0.717) is 6.42 Å². The second kappa shape index (κ2) is 13.4. The molecule has 1 aromatic rings. The van der Waals surface area contributed by atoms with E-state index >= 15 is 0 Å². The zero-order valence-corrected chi connectivity index (χ0v) is 22.6. The number of nitrogens with one attached hydrogen (secondary N) is 2. The van der Waals surface area contributed by atoms with Gasteiger partial charge in [-0.3, -0.25) is 4.79 Å². The Kier molecular flexibility index (Phi) is 11.1. The largest absolute Gasteiger partial charge is 0.481 e. The topological polar surface area (TPSA) is 117 Å². The summed E-state index contributed by atoms with van der Waals surface area (Å²) in [4.78, 5) is 38.2. The van der Waals surface area contributed by atoms with Gasteiger partial charge in [-0.05, 0) is 71.7 Å². The van der Waals surface area contributed by atoms with Gasteiger partial charge in [0.1, 0.15) is 11.6 Å². The predicted octanol–water partition coefficient (Wildman–Crippen LogP) is 4.78. The van der Waals surface area contributed by atoms with Crippen LogP contribution in [0.25, 0.3) is 0 Å². The smallest absolute Gasteiger partial charge is 0.416 e. The van der Waals surface area contributed by atoms with Crippen LogP contribution in [0.1, 0.15) is 52.5 Å². The summed E-state index contributed by atoms with van der Waals surface area (Å²) >= 11 is 5.85. The maximum absolute atomic E-state index is 13.2. The molecule has 13 heteroatoms. The molecule has 0 aliphatic carbocycles. The highest BCUT2D eigenvalue weighted by Crippen LogP contribution is 2.33. The quantitative estimate of drug-likeness (QED) is 0.274. The summed E-state index contributed by atoms with van der Waals surface area (Å²) in [6.45, 7) is 7.60. The van der Waals surface area contributed by atoms with Gasteiger partial charge >= 0.3 is 24.2 Å². The molecule has 38 heavy (non-hydrogen) atoms. The fourth-order valence-corrected chi connectivity index (χ4v) is 4.31. The van der Waals surface area contributed by atoms with Gasteiger partial charge in [-0.25, -0.2) is 9.59 Å². The van der Waals surface area contributed by atoms with E-state index in [-0.39, 0.29) is 49.8 Å². The van der Waals surface area contributed by atoms with Crippen molar-refractivity contribution in [2.75, 3.05) is 31.6 Å². The van der Waals surface area contributed by atoms with E-state index in [9.17, 15) is 32.7 Å². The van der Waals surface area contributed by atoms with Crippen molar-refractivity contribution in [1.29, 1.82) is 0 Å². The Balaban J connectivity index is 2.04. The number of hydrogen-bond donors (Lipinski definition) is 3. The second-order valence-electron chi connectivity index (χ2n) is 10.0. The molecule has 9 nitrogen and oxygen atoms in total. The average molecular weight is 566 g/mol. The van der Waals surface area contributed by atoms with E-state index in [0.717, 1.165) is 12.1 Å². The number of carboxylic acid groups (broad SMARTS) is 1. The minimum atomic E-state index is -4.61. The number of aliphatic carboxylic acids is 1. The number of hydrogen-bond acceptors (Lipinski definition) is 7. The van der Waals surface area contributed by atoms with Gasteiger partial charge in [0.25, 0.3) is 0 Å². The van der Waals surface area contributed by atoms with Crippen LogP contribution in [0.2, 0.25) is 5.02 Å². The average Bonchev–Trinajstić information content (AvgIpc) is 2.78. The molecule has 0 bridgehead atoms. The second-order valence-corrected chi connectivity index (χ2v) is 10.5. The summed E-state index contributed by atoms with van der Waals surface area (Å²) < 4.78 is 50.0. The Morgan fingerprint density at radius 1 is 1.21 bits per heavy atom. The van der Waals surface area contributed by atoms with E-state index in [1.54, 1.807) is 27.7 Å². The zero-order chi connectivity index (χ0) is 28.7. The molecule has 1 amide bonds. The highest BCUT2D eigenvalue weighted by atomic mass is 35.5. The van der Waals surface area contributed by atoms with Gasteiger partial charge in [-0.2, -0.15) is 13.2 Å². The third-order valence-electron chi connectivity index (χ3n) is 5.79. The number of rotatable bonds is 10. The van der Waals surface area contributed by atoms with Gasteiger partial charge in [0.15, 0.2) is 0 Å². The van der Waals surface area contributed by atoms with Crippen LogP contribution in [-0.4, -0.2) is 72.0 Å². The predicted molar refractivity (Wildman–Crippen MR) is 135 cm³/mol. The Morgan fingerprint density at radius 3 is 2.47 bits per heavy atom. The Morgan fingerprint density at radius 2 is 1.89 bits per heavy atom. The number of ether oxygens (including phenoxy) is 2. The summed E-state index contributed by atoms with van der Waals surface area (Å²) in [5, 5.41) is 15.4. The number of carbonyl (C=O) groups excluding carboxylic acids is 2. The number of carboxylic acids is 1. The molecule has 0 radical (unpaired) electrons. The standard InChI is InChI=1S/C25H35ClF3N3O6/c1-5-37-22(35)19(31-17-12-15(25(27,28)29)11-16(26)13-17)7-6-9-30-20-14-32(10-8-18(20)21(33)34)23(36)38-24(2,3)4/h11-13,18-20,30-31H,5-10,14H2,1-4H3,(H,33,34)/t18?,19-,20+/m1/s1. The normalized spacial score (nSPS) is 19.0. The lowest BCUT2D eigenvalue weighted by atomic mass is 9.91. The lowest BCUT2D eigenvalue weighted by molar-refractivity contribution is -0.145. The summed E-state index contributed by atoms with van der Waals surface area (Å²) in [5.41, 5.74) is -1.63. The van der Waals surface area contributed by atoms with Crippen molar-refractivity contribution in [2.45, 2.75) is 70.8 Å². The maximum atomic E-state index is 13.2. The van der Waals surface area contributed by atoms with E-state index in [4.69, 9.17) is 21.1 Å². The van der Waals surface area contributed by atoms with Crippen molar-refractivity contribution in [3.8, 4) is 0 Å². The monoisotopic (exact) mass is 565 g/mol. The van der Waals surface area contributed by atoms with Gasteiger partial charge < -0.3 is 30.1 Å². The number of anilines is 1. The Bertz CT molecular complexity index is 986. The fourth-order valence-electron chi connectivity index (χ4n) is 4.07. The lowest BCUT2D eigenvalue weighted by Gasteiger charge is -2.37. The fraction of sp³-hybridized carbons (Fsp3) is 0.640. The molecule has 2 rings (SSSR count). The molecule has 3 atom stereocenters. The number of esters is 1. The van der Waals surface area contributed by atoms with Crippen molar-refractivity contribution in [3.05, 3.63) is 28.8 Å². The van der Waals surface area contributed by atoms with Crippen LogP contribution in [0, 0.1) is 5.92 Å². The first-order valence-electron chi connectivity index (χ1n) is 12.4. The van der Waals surface area contributed by atoms with Crippen LogP contribution >= 0.6 is 11.6 Å². The molecule has 1 saturated heterocycles. The SMILES string of the molecule is CCOC(=O)[C@@H](CCCN[C@H]1CN(C(=O)OC(C)(C)C)CCC1C(=O)O)Nc1cc(Cl)cc(C(F)(F)F)c1. The van der Waals surface area contributed by atoms with Crippen molar-refractivity contribution < 1.29 is 42.1 Å². The number of alkyl halides is 3. The highest BCUT2D eigenvalue weighted by Gasteiger charge is 2.37. The number of carbonyl (C=O) groups is 3. The minimum Gasteiger partial charge on any atom is -0.481 e. The molecule has 0 spiro atoms. The molecule has 214 valence electrons. The third kappa shape index (κ3) is 9.86. The molecule has 1 unspecified atom stereocenters. The third-order valence-corrected chi connectivity index (χ3v) is 6.01. The molecular formula is C25H35ClF3N3O6. The van der Waals surface area contributed by atoms with Crippen LogP contribution in [0.15, 0.2) is 18.2 Å². The van der Waals surface area contributed by atoms with E-state index < -0.39 is 53.4 Å². The lowest BCUT2D eigenvalue weighted by Crippen LogP contribution is -2.55. The molecule has 0 aromatic heterocycles. The molecule has 1 heterocycles. The molecule has 3 N–H and O–H groups in total.